The minimum Gasteiger partial charge on any atom is -0.465 e. The first kappa shape index (κ1) is 15.2. The van der Waals surface area contributed by atoms with Crippen LogP contribution in [-0.2, 0) is 11.3 Å². The molecule has 5 heteroatoms. The number of hydrogen-bond donors (Lipinski definition) is 1. The topological polar surface area (TPSA) is 64.3 Å². The number of imidazole rings is 1. The maximum Gasteiger partial charge on any atom is 0.337 e. The number of carbonyl (C=O) groups excluding carboxylic acids is 1. The normalized spacial score (nSPS) is 12.3. The minimum atomic E-state index is -0.656. The molecule has 0 fully saturated rings. The van der Waals surface area contributed by atoms with Gasteiger partial charge in [-0.05, 0) is 36.8 Å². The van der Waals surface area contributed by atoms with Crippen molar-refractivity contribution in [2.75, 3.05) is 7.11 Å². The SMILES string of the molecule is COC(=O)c1ccc(Cn2c(C(C)O)nc3ccccc32)cc1. The van der Waals surface area contributed by atoms with Crippen LogP contribution in [0, 0.1) is 0 Å². The van der Waals surface area contributed by atoms with Crippen molar-refractivity contribution in [3.63, 3.8) is 0 Å². The first-order valence-corrected chi connectivity index (χ1v) is 7.40. The second-order valence-electron chi connectivity index (χ2n) is 5.41. The smallest absolute Gasteiger partial charge is 0.337 e. The van der Waals surface area contributed by atoms with Gasteiger partial charge >= 0.3 is 5.97 Å². The molecule has 0 spiro atoms. The quantitative estimate of drug-likeness (QED) is 0.753. The van der Waals surface area contributed by atoms with Crippen LogP contribution in [0.5, 0.6) is 0 Å². The van der Waals surface area contributed by atoms with Crippen molar-refractivity contribution in [2.24, 2.45) is 0 Å². The van der Waals surface area contributed by atoms with E-state index in [4.69, 9.17) is 4.74 Å². The Hall–Kier alpha value is -2.66. The second kappa shape index (κ2) is 6.22. The van der Waals surface area contributed by atoms with Gasteiger partial charge in [-0.25, -0.2) is 9.78 Å². The van der Waals surface area contributed by atoms with E-state index in [0.29, 0.717) is 17.9 Å². The van der Waals surface area contributed by atoms with Crippen molar-refractivity contribution in [2.45, 2.75) is 19.6 Å². The predicted octanol–water partition coefficient (Wildman–Crippen LogP) is 2.92. The Morgan fingerprint density at radius 2 is 1.91 bits per heavy atom. The predicted molar refractivity (Wildman–Crippen MR) is 87.3 cm³/mol. The number of ether oxygens (including phenoxy) is 1. The summed E-state index contributed by atoms with van der Waals surface area (Å²) in [5.74, 6) is 0.276. The Bertz CT molecular complexity index is 835. The molecule has 1 N–H and O–H groups in total. The number of esters is 1. The van der Waals surface area contributed by atoms with E-state index in [-0.39, 0.29) is 5.97 Å². The van der Waals surface area contributed by atoms with Crippen molar-refractivity contribution >= 4 is 17.0 Å². The summed E-state index contributed by atoms with van der Waals surface area (Å²) in [6.45, 7) is 2.28. The third kappa shape index (κ3) is 2.96. The molecule has 0 amide bonds. The molecule has 0 bridgehead atoms. The van der Waals surface area contributed by atoms with E-state index in [9.17, 15) is 9.90 Å². The number of methoxy groups -OCH3 is 1. The molecule has 0 radical (unpaired) electrons. The van der Waals surface area contributed by atoms with Gasteiger partial charge in [0, 0.05) is 6.54 Å². The maximum absolute atomic E-state index is 11.5. The zero-order valence-electron chi connectivity index (χ0n) is 13.1. The molecule has 1 unspecified atom stereocenters. The number of nitrogens with zero attached hydrogens (tertiary/aromatic N) is 2. The highest BCUT2D eigenvalue weighted by molar-refractivity contribution is 5.89. The summed E-state index contributed by atoms with van der Waals surface area (Å²) in [5.41, 5.74) is 3.36. The fourth-order valence-electron chi connectivity index (χ4n) is 2.63. The molecule has 1 atom stereocenters. The molecule has 0 saturated heterocycles. The summed E-state index contributed by atoms with van der Waals surface area (Å²) in [7, 11) is 1.36. The minimum absolute atomic E-state index is 0.352. The number of aliphatic hydroxyl groups is 1. The summed E-state index contributed by atoms with van der Waals surface area (Å²) in [6, 6.07) is 15.0. The van der Waals surface area contributed by atoms with E-state index in [2.05, 4.69) is 4.98 Å². The zero-order chi connectivity index (χ0) is 16.4. The summed E-state index contributed by atoms with van der Waals surface area (Å²) in [6.07, 6.45) is -0.656. The third-order valence-electron chi connectivity index (χ3n) is 3.77. The number of rotatable bonds is 4. The van der Waals surface area contributed by atoms with Gasteiger partial charge in [0.1, 0.15) is 11.9 Å². The molecule has 118 valence electrons. The van der Waals surface area contributed by atoms with Crippen LogP contribution in [0.15, 0.2) is 48.5 Å². The molecule has 0 saturated carbocycles. The van der Waals surface area contributed by atoms with Gasteiger partial charge in [-0.2, -0.15) is 0 Å². The fraction of sp³-hybridized carbons (Fsp3) is 0.222. The Morgan fingerprint density at radius 1 is 1.22 bits per heavy atom. The highest BCUT2D eigenvalue weighted by atomic mass is 16.5. The Morgan fingerprint density at radius 3 is 2.57 bits per heavy atom. The van der Waals surface area contributed by atoms with Gasteiger partial charge in [0.2, 0.25) is 0 Å². The van der Waals surface area contributed by atoms with Gasteiger partial charge in [0.05, 0.1) is 23.7 Å². The van der Waals surface area contributed by atoms with Crippen LogP contribution in [0.25, 0.3) is 11.0 Å². The first-order chi connectivity index (χ1) is 11.1. The van der Waals surface area contributed by atoms with Gasteiger partial charge < -0.3 is 14.4 Å². The van der Waals surface area contributed by atoms with E-state index in [0.717, 1.165) is 16.6 Å². The number of aromatic nitrogens is 2. The van der Waals surface area contributed by atoms with Gasteiger partial charge in [-0.1, -0.05) is 24.3 Å². The average molecular weight is 310 g/mol. The van der Waals surface area contributed by atoms with Crippen LogP contribution in [0.1, 0.15) is 34.8 Å². The third-order valence-corrected chi connectivity index (χ3v) is 3.77. The molecule has 0 aliphatic heterocycles. The van der Waals surface area contributed by atoms with Gasteiger partial charge in [0.25, 0.3) is 0 Å². The molecule has 5 nitrogen and oxygen atoms in total. The molecule has 3 aromatic rings. The average Bonchev–Trinajstić information content (AvgIpc) is 2.94. The van der Waals surface area contributed by atoms with E-state index >= 15 is 0 Å². The molecule has 1 aromatic heterocycles. The van der Waals surface area contributed by atoms with Gasteiger partial charge in [-0.3, -0.25) is 0 Å². The molecule has 3 rings (SSSR count). The summed E-state index contributed by atoms with van der Waals surface area (Å²) < 4.78 is 6.70. The van der Waals surface area contributed by atoms with Crippen LogP contribution in [0.3, 0.4) is 0 Å². The maximum atomic E-state index is 11.5. The molecule has 1 heterocycles. The zero-order valence-corrected chi connectivity index (χ0v) is 13.1. The lowest BCUT2D eigenvalue weighted by Gasteiger charge is -2.11. The van der Waals surface area contributed by atoms with Gasteiger partial charge in [0.15, 0.2) is 0 Å². The van der Waals surface area contributed by atoms with Crippen LogP contribution >= 0.6 is 0 Å². The van der Waals surface area contributed by atoms with Crippen molar-refractivity contribution in [1.82, 2.24) is 9.55 Å². The molecule has 23 heavy (non-hydrogen) atoms. The largest absolute Gasteiger partial charge is 0.465 e. The highest BCUT2D eigenvalue weighted by Gasteiger charge is 2.15. The highest BCUT2D eigenvalue weighted by Crippen LogP contribution is 2.22. The Labute approximate surface area is 134 Å². The van der Waals surface area contributed by atoms with Crippen LogP contribution in [0.4, 0.5) is 0 Å². The molecular weight excluding hydrogens is 292 g/mol. The summed E-state index contributed by atoms with van der Waals surface area (Å²) >= 11 is 0. The van der Waals surface area contributed by atoms with Crippen molar-refractivity contribution in [3.8, 4) is 0 Å². The van der Waals surface area contributed by atoms with Crippen molar-refractivity contribution < 1.29 is 14.6 Å². The molecule has 2 aromatic carbocycles. The number of benzene rings is 2. The lowest BCUT2D eigenvalue weighted by molar-refractivity contribution is 0.0600. The van der Waals surface area contributed by atoms with Crippen molar-refractivity contribution in [1.29, 1.82) is 0 Å². The van der Waals surface area contributed by atoms with Crippen LogP contribution in [0.2, 0.25) is 0 Å². The van der Waals surface area contributed by atoms with Gasteiger partial charge in [-0.15, -0.1) is 0 Å². The number of carbonyl (C=O) groups is 1. The lowest BCUT2D eigenvalue weighted by Crippen LogP contribution is -2.08. The Kier molecular flexibility index (Phi) is 4.12. The number of para-hydroxylation sites is 2. The molecular formula is C18H18N2O3. The van der Waals surface area contributed by atoms with Crippen LogP contribution < -0.4 is 0 Å². The van der Waals surface area contributed by atoms with E-state index in [1.54, 1.807) is 19.1 Å². The standard InChI is InChI=1S/C18H18N2O3/c1-12(21)17-19-15-5-3-4-6-16(15)20(17)11-13-7-9-14(10-8-13)18(22)23-2/h3-10,12,21H,11H2,1-2H3. The fourth-order valence-corrected chi connectivity index (χ4v) is 2.63. The second-order valence-corrected chi connectivity index (χ2v) is 5.41. The van der Waals surface area contributed by atoms with Crippen LogP contribution in [-0.4, -0.2) is 27.7 Å². The summed E-state index contributed by atoms with van der Waals surface area (Å²) in [4.78, 5) is 16.0. The lowest BCUT2D eigenvalue weighted by atomic mass is 10.1. The summed E-state index contributed by atoms with van der Waals surface area (Å²) in [5, 5.41) is 9.99. The molecule has 0 aliphatic rings. The van der Waals surface area contributed by atoms with E-state index in [1.165, 1.54) is 7.11 Å². The molecule has 0 aliphatic carbocycles. The number of hydrogen-bond acceptors (Lipinski definition) is 4. The number of aliphatic hydroxyl groups excluding tert-OH is 1. The van der Waals surface area contributed by atoms with Crippen molar-refractivity contribution in [3.05, 3.63) is 65.5 Å². The van der Waals surface area contributed by atoms with E-state index < -0.39 is 6.10 Å². The van der Waals surface area contributed by atoms with E-state index in [1.807, 2.05) is 41.0 Å². The Balaban J connectivity index is 1.97. The first-order valence-electron chi connectivity index (χ1n) is 7.40. The monoisotopic (exact) mass is 310 g/mol. The number of fused-ring (bicyclic) bond motifs is 1.